The van der Waals surface area contributed by atoms with Crippen molar-refractivity contribution in [1.29, 1.82) is 0 Å². The largest absolute Gasteiger partial charge is 0.465 e. The fourth-order valence-electron chi connectivity index (χ4n) is 3.09. The SMILES string of the molecule is CCOC(=O)C(C)(C)NP(=O)(COC(C)Cn1cnc2c(N)ncnc21)OC(C)C(=O)OC(C)C. The summed E-state index contributed by atoms with van der Waals surface area (Å²) < 4.78 is 37.1. The maximum atomic E-state index is 13.8. The van der Waals surface area contributed by atoms with Gasteiger partial charge < -0.3 is 29.0 Å². The number of nitrogens with zero attached hydrogens (tertiary/aromatic N) is 4. The number of hydrogen-bond donors (Lipinski definition) is 2. The van der Waals surface area contributed by atoms with Crippen molar-refractivity contribution in [2.24, 2.45) is 0 Å². The van der Waals surface area contributed by atoms with Gasteiger partial charge in [-0.1, -0.05) is 0 Å². The minimum absolute atomic E-state index is 0.146. The number of rotatable bonds is 13. The molecule has 0 radical (unpaired) electrons. The van der Waals surface area contributed by atoms with Crippen LogP contribution in [0.2, 0.25) is 0 Å². The summed E-state index contributed by atoms with van der Waals surface area (Å²) in [5.41, 5.74) is 5.43. The van der Waals surface area contributed by atoms with E-state index >= 15 is 0 Å². The van der Waals surface area contributed by atoms with Gasteiger partial charge in [0.1, 0.15) is 23.7 Å². The van der Waals surface area contributed by atoms with Crippen LogP contribution in [-0.2, 0) is 39.4 Å². The van der Waals surface area contributed by atoms with Gasteiger partial charge in [0.2, 0.25) is 0 Å². The van der Waals surface area contributed by atoms with Crippen LogP contribution in [0.15, 0.2) is 12.7 Å². The molecule has 0 aliphatic carbocycles. The number of carbonyl (C=O) groups excluding carboxylic acids is 2. The van der Waals surface area contributed by atoms with Crippen molar-refractivity contribution in [2.75, 3.05) is 18.7 Å². The highest BCUT2D eigenvalue weighted by atomic mass is 31.2. The van der Waals surface area contributed by atoms with Crippen LogP contribution in [-0.4, -0.2) is 68.3 Å². The first kappa shape index (κ1) is 28.6. The molecule has 0 spiro atoms. The average molecular weight is 515 g/mol. The van der Waals surface area contributed by atoms with E-state index in [1.54, 1.807) is 38.6 Å². The summed E-state index contributed by atoms with van der Waals surface area (Å²) in [6, 6.07) is 0. The van der Waals surface area contributed by atoms with Gasteiger partial charge in [0.25, 0.3) is 7.52 Å². The molecule has 2 aromatic rings. The summed E-state index contributed by atoms with van der Waals surface area (Å²) in [5.74, 6) is -1.06. The molecule has 35 heavy (non-hydrogen) atoms. The summed E-state index contributed by atoms with van der Waals surface area (Å²) in [6.07, 6.45) is 0.423. The Morgan fingerprint density at radius 3 is 2.51 bits per heavy atom. The van der Waals surface area contributed by atoms with Crippen LogP contribution >= 0.6 is 7.52 Å². The van der Waals surface area contributed by atoms with E-state index in [1.165, 1.54) is 27.1 Å². The summed E-state index contributed by atoms with van der Waals surface area (Å²) in [5, 5.41) is 2.71. The number of anilines is 1. The first-order valence-electron chi connectivity index (χ1n) is 11.3. The average Bonchev–Trinajstić information content (AvgIpc) is 3.15. The van der Waals surface area contributed by atoms with Crippen LogP contribution in [0.5, 0.6) is 0 Å². The quantitative estimate of drug-likeness (QED) is 0.296. The van der Waals surface area contributed by atoms with Gasteiger partial charge >= 0.3 is 11.9 Å². The lowest BCUT2D eigenvalue weighted by Crippen LogP contribution is -2.47. The van der Waals surface area contributed by atoms with Crippen molar-refractivity contribution in [3.8, 4) is 0 Å². The predicted molar refractivity (Wildman–Crippen MR) is 128 cm³/mol. The molecular weight excluding hydrogens is 479 g/mol. The predicted octanol–water partition coefficient (Wildman–Crippen LogP) is 2.25. The molecule has 3 unspecified atom stereocenters. The topological polar surface area (TPSA) is 170 Å². The second-order valence-electron chi connectivity index (χ2n) is 8.80. The van der Waals surface area contributed by atoms with Crippen molar-refractivity contribution in [3.05, 3.63) is 12.7 Å². The number of hydrogen-bond acceptors (Lipinski definition) is 11. The van der Waals surface area contributed by atoms with Crippen LogP contribution in [0, 0.1) is 0 Å². The summed E-state index contributed by atoms with van der Waals surface area (Å²) in [4.78, 5) is 37.0. The zero-order chi connectivity index (χ0) is 26.4. The van der Waals surface area contributed by atoms with E-state index in [9.17, 15) is 14.2 Å². The Bertz CT molecular complexity index is 1070. The number of esters is 2. The van der Waals surface area contributed by atoms with E-state index in [0.717, 1.165) is 0 Å². The molecule has 0 saturated heterocycles. The monoisotopic (exact) mass is 514 g/mol. The van der Waals surface area contributed by atoms with Crippen molar-refractivity contribution < 1.29 is 32.9 Å². The maximum absolute atomic E-state index is 13.8. The second-order valence-corrected chi connectivity index (χ2v) is 10.8. The maximum Gasteiger partial charge on any atom is 0.335 e. The molecule has 14 heteroatoms. The van der Waals surface area contributed by atoms with Crippen LogP contribution in [0.25, 0.3) is 11.2 Å². The number of imidazole rings is 1. The van der Waals surface area contributed by atoms with E-state index in [0.29, 0.717) is 17.7 Å². The number of carbonyl (C=O) groups is 2. The molecule has 3 N–H and O–H groups in total. The van der Waals surface area contributed by atoms with Crippen LogP contribution in [0.1, 0.15) is 48.5 Å². The molecule has 2 aromatic heterocycles. The van der Waals surface area contributed by atoms with Crippen molar-refractivity contribution in [2.45, 2.75) is 78.9 Å². The van der Waals surface area contributed by atoms with E-state index in [4.69, 9.17) is 24.5 Å². The lowest BCUT2D eigenvalue weighted by Gasteiger charge is -2.31. The molecule has 0 amide bonds. The van der Waals surface area contributed by atoms with Crippen molar-refractivity contribution >= 4 is 36.4 Å². The summed E-state index contributed by atoms with van der Waals surface area (Å²) in [7, 11) is -3.92. The molecule has 0 fully saturated rings. The highest BCUT2D eigenvalue weighted by molar-refractivity contribution is 7.56. The van der Waals surface area contributed by atoms with Gasteiger partial charge in [-0.25, -0.2) is 24.8 Å². The minimum Gasteiger partial charge on any atom is -0.465 e. The number of nitrogen functional groups attached to an aromatic ring is 1. The highest BCUT2D eigenvalue weighted by Crippen LogP contribution is 2.46. The number of nitrogens with one attached hydrogen (secondary N) is 1. The fraction of sp³-hybridized carbons (Fsp3) is 0.667. The van der Waals surface area contributed by atoms with Crippen LogP contribution < -0.4 is 10.8 Å². The third kappa shape index (κ3) is 7.96. The van der Waals surface area contributed by atoms with Gasteiger partial charge in [-0.05, 0) is 48.5 Å². The molecule has 2 heterocycles. The molecule has 196 valence electrons. The molecule has 3 atom stereocenters. The van der Waals surface area contributed by atoms with E-state index in [2.05, 4.69) is 20.0 Å². The lowest BCUT2D eigenvalue weighted by molar-refractivity contribution is -0.155. The first-order chi connectivity index (χ1) is 16.3. The molecule has 2 rings (SSSR count). The third-order valence-electron chi connectivity index (χ3n) is 4.66. The van der Waals surface area contributed by atoms with Crippen molar-refractivity contribution in [3.63, 3.8) is 0 Å². The van der Waals surface area contributed by atoms with E-state index in [1.807, 2.05) is 0 Å². The van der Waals surface area contributed by atoms with E-state index in [-0.39, 0.29) is 18.5 Å². The Morgan fingerprint density at radius 2 is 1.89 bits per heavy atom. The summed E-state index contributed by atoms with van der Waals surface area (Å²) >= 11 is 0. The number of nitrogens with two attached hydrogens (primary N) is 1. The summed E-state index contributed by atoms with van der Waals surface area (Å²) in [6.45, 7) is 11.7. The van der Waals surface area contributed by atoms with Gasteiger partial charge in [0, 0.05) is 0 Å². The third-order valence-corrected chi connectivity index (χ3v) is 6.71. The van der Waals surface area contributed by atoms with Gasteiger partial charge in [0.05, 0.1) is 31.7 Å². The van der Waals surface area contributed by atoms with E-state index < -0.39 is 43.6 Å². The number of aromatic nitrogens is 4. The molecule has 13 nitrogen and oxygen atoms in total. The molecular formula is C21H35N6O7P. The zero-order valence-corrected chi connectivity index (χ0v) is 22.1. The Hall–Kier alpha value is -2.60. The van der Waals surface area contributed by atoms with Crippen molar-refractivity contribution in [1.82, 2.24) is 24.6 Å². The Labute approximate surface area is 204 Å². The normalized spacial score (nSPS) is 15.5. The van der Waals surface area contributed by atoms with Gasteiger partial charge in [-0.2, -0.15) is 0 Å². The first-order valence-corrected chi connectivity index (χ1v) is 13.1. The van der Waals surface area contributed by atoms with Gasteiger partial charge in [0.15, 0.2) is 17.6 Å². The van der Waals surface area contributed by atoms with Crippen LogP contribution in [0.3, 0.4) is 0 Å². The standard InChI is InChI=1S/C21H35N6O7P/c1-8-31-20(29)21(6,7)26-35(30,34-15(5)19(28)33-13(2)3)12-32-14(4)9-27-11-25-16-17(22)23-10-24-18(16)27/h10-11,13-15H,8-9,12H2,1-7H3,(H,26,30)(H2,22,23,24). The highest BCUT2D eigenvalue weighted by Gasteiger charge is 2.40. The molecule has 0 aliphatic rings. The van der Waals surface area contributed by atoms with Gasteiger partial charge in [-0.15, -0.1) is 0 Å². The Balaban J connectivity index is 2.17. The number of fused-ring (bicyclic) bond motifs is 1. The smallest absolute Gasteiger partial charge is 0.335 e. The molecule has 0 saturated carbocycles. The van der Waals surface area contributed by atoms with Crippen LogP contribution in [0.4, 0.5) is 5.82 Å². The Morgan fingerprint density at radius 1 is 1.20 bits per heavy atom. The number of ether oxygens (including phenoxy) is 3. The minimum atomic E-state index is -3.92. The molecule has 0 bridgehead atoms. The zero-order valence-electron chi connectivity index (χ0n) is 21.2. The lowest BCUT2D eigenvalue weighted by atomic mass is 10.1. The molecule has 0 aliphatic heterocycles. The van der Waals surface area contributed by atoms with Gasteiger partial charge in [-0.3, -0.25) is 9.36 Å². The fourth-order valence-corrected chi connectivity index (χ4v) is 5.25. The Kier molecular flexibility index (Phi) is 9.73. The second kappa shape index (κ2) is 11.9. The molecule has 0 aromatic carbocycles.